The van der Waals surface area contributed by atoms with Crippen LogP contribution in [0.3, 0.4) is 0 Å². The lowest BCUT2D eigenvalue weighted by atomic mass is 10.1. The second-order valence-electron chi connectivity index (χ2n) is 5.93. The largest absolute Gasteiger partial charge is 0.790 e. The Morgan fingerprint density at radius 3 is 2.39 bits per heavy atom. The van der Waals surface area contributed by atoms with Crippen molar-refractivity contribution < 1.29 is 61.4 Å². The molecule has 0 radical (unpaired) electrons. The third-order valence-corrected chi connectivity index (χ3v) is 7.46. The molecule has 4 unspecified atom stereocenters. The summed E-state index contributed by atoms with van der Waals surface area (Å²) < 4.78 is 50.2. The highest BCUT2D eigenvalue weighted by Gasteiger charge is 2.45. The van der Waals surface area contributed by atoms with Crippen molar-refractivity contribution in [1.82, 2.24) is 19.5 Å². The van der Waals surface area contributed by atoms with E-state index in [-0.39, 0.29) is 17.0 Å². The van der Waals surface area contributed by atoms with Gasteiger partial charge in [0.05, 0.1) is 20.8 Å². The Hall–Kier alpha value is -1.36. The van der Waals surface area contributed by atoms with Crippen LogP contribution in [0.2, 0.25) is 0 Å². The zero-order valence-electron chi connectivity index (χ0n) is 14.8. The molecule has 21 heteroatoms. The molecule has 1 aliphatic rings. The zero-order chi connectivity index (χ0) is 23.2. The number of aliphatic hydroxyl groups excluding tert-OH is 2. The summed E-state index contributed by atoms with van der Waals surface area (Å²) in [6.07, 6.45) is -3.99. The van der Waals surface area contributed by atoms with Gasteiger partial charge in [0.1, 0.15) is 30.2 Å². The summed E-state index contributed by atoms with van der Waals surface area (Å²) in [6.45, 7) is -1.08. The minimum Gasteiger partial charge on any atom is -0.790 e. The van der Waals surface area contributed by atoms with E-state index in [0.717, 1.165) is 12.7 Å². The van der Waals surface area contributed by atoms with Crippen LogP contribution in [0.4, 0.5) is 5.82 Å². The van der Waals surface area contributed by atoms with Gasteiger partial charge in [0.2, 0.25) is 0 Å². The lowest BCUT2D eigenvalue weighted by Crippen LogP contribution is -2.34. The summed E-state index contributed by atoms with van der Waals surface area (Å²) in [5.41, 5.74) is 5.92. The number of hydrogen-bond acceptors (Lipinski definition) is 17. The van der Waals surface area contributed by atoms with Crippen molar-refractivity contribution in [2.24, 2.45) is 0 Å². The molecule has 1 fully saturated rings. The van der Waals surface area contributed by atoms with Gasteiger partial charge in [-0.25, -0.2) is 19.3 Å². The van der Waals surface area contributed by atoms with Crippen molar-refractivity contribution in [3.63, 3.8) is 0 Å². The van der Waals surface area contributed by atoms with Crippen LogP contribution in [0.25, 0.3) is 11.2 Å². The average Bonchev–Trinajstić information content (AvgIpc) is 3.13. The first-order valence-corrected chi connectivity index (χ1v) is 12.2. The van der Waals surface area contributed by atoms with Gasteiger partial charge in [-0.2, -0.15) is 0 Å². The summed E-state index contributed by atoms with van der Waals surface area (Å²) in [4.78, 5) is 54.9. The van der Waals surface area contributed by atoms with Crippen LogP contribution in [0.15, 0.2) is 12.7 Å². The van der Waals surface area contributed by atoms with Gasteiger partial charge in [-0.1, -0.05) is 0 Å². The predicted molar refractivity (Wildman–Crippen MR) is 86.6 cm³/mol. The smallest absolute Gasteiger partial charge is 0.278 e. The zero-order valence-corrected chi connectivity index (χ0v) is 17.4. The van der Waals surface area contributed by atoms with E-state index in [4.69, 9.17) is 10.5 Å². The maximum atomic E-state index is 11.6. The molecule has 174 valence electrons. The second kappa shape index (κ2) is 8.53. The Kier molecular flexibility index (Phi) is 6.68. The molecule has 3 rings (SSSR count). The van der Waals surface area contributed by atoms with E-state index in [1.165, 1.54) is 4.57 Å². The van der Waals surface area contributed by atoms with E-state index in [2.05, 4.69) is 28.1 Å². The average molecular weight is 503 g/mol. The standard InChI is InChI=1S/C10H16N5O13P3/c11-8-5-9(13-2-12-8)15(3-14-5)10-7(17)6(16)4(26-10)1-25-30(21,22)28-31(23,24)27-29(18,19)20/h2-4,6-7,10,16-17H,1H2,(H,21,22)(H,23,24)(H2,11,12,13)(H2,18,19,20)/p-4/t4-,6?,7?,10-/m1/s1. The Bertz CT molecular complexity index is 1100. The van der Waals surface area contributed by atoms with Crippen LogP contribution < -0.4 is 25.3 Å². The van der Waals surface area contributed by atoms with E-state index in [1.54, 1.807) is 0 Å². The van der Waals surface area contributed by atoms with Gasteiger partial charge >= 0.3 is 0 Å². The molecule has 2 aromatic heterocycles. The molecule has 31 heavy (non-hydrogen) atoms. The summed E-state index contributed by atoms with van der Waals surface area (Å²) in [6, 6.07) is 0. The van der Waals surface area contributed by atoms with Crippen molar-refractivity contribution in [2.45, 2.75) is 24.5 Å². The van der Waals surface area contributed by atoms with E-state index < -0.39 is 54.6 Å². The molecule has 0 saturated carbocycles. The molecule has 6 atom stereocenters. The number of nitrogens with two attached hydrogens (primary N) is 1. The second-order valence-corrected chi connectivity index (χ2v) is 10.2. The molecule has 0 amide bonds. The molecule has 0 aliphatic carbocycles. The Labute approximate surface area is 171 Å². The number of rotatable bonds is 8. The van der Waals surface area contributed by atoms with Crippen LogP contribution in [0.5, 0.6) is 0 Å². The topological polar surface area (TPSA) is 290 Å². The molecule has 18 nitrogen and oxygen atoms in total. The molecule has 1 saturated heterocycles. The minimum absolute atomic E-state index is 0.0195. The number of imidazole rings is 1. The van der Waals surface area contributed by atoms with Crippen LogP contribution >= 0.6 is 23.5 Å². The number of ether oxygens (including phenoxy) is 1. The van der Waals surface area contributed by atoms with E-state index in [9.17, 15) is 43.5 Å². The molecule has 1 aliphatic heterocycles. The third-order valence-electron chi connectivity index (χ3n) is 3.80. The van der Waals surface area contributed by atoms with Gasteiger partial charge in [0.15, 0.2) is 17.7 Å². The first-order valence-electron chi connectivity index (χ1n) is 7.85. The highest BCUT2D eigenvalue weighted by molar-refractivity contribution is 7.64. The van der Waals surface area contributed by atoms with Gasteiger partial charge in [-0.15, -0.1) is 0 Å². The monoisotopic (exact) mass is 503 g/mol. The van der Waals surface area contributed by atoms with Crippen LogP contribution in [0, 0.1) is 0 Å². The Balaban J connectivity index is 1.69. The normalized spacial score (nSPS) is 28.5. The first kappa shape index (κ1) is 24.3. The SMILES string of the molecule is Nc1ncnc2c1ncn2[C@@H]1O[C@H](COP(=O)([O-])OP(=O)([O-])OP(=O)([O-])[O-])C(O)C1O. The van der Waals surface area contributed by atoms with Gasteiger partial charge in [0, 0.05) is 0 Å². The van der Waals surface area contributed by atoms with Crippen LogP contribution in [-0.4, -0.2) is 54.7 Å². The molecule has 2 aromatic rings. The van der Waals surface area contributed by atoms with Gasteiger partial charge in [-0.05, 0) is 0 Å². The lowest BCUT2D eigenvalue weighted by Gasteiger charge is -2.37. The number of anilines is 1. The lowest BCUT2D eigenvalue weighted by molar-refractivity contribution is -0.339. The molecule has 0 aromatic carbocycles. The summed E-state index contributed by atoms with van der Waals surface area (Å²) in [7, 11) is -18.1. The first-order chi connectivity index (χ1) is 14.2. The van der Waals surface area contributed by atoms with Crippen molar-refractivity contribution in [3.8, 4) is 0 Å². The van der Waals surface area contributed by atoms with E-state index >= 15 is 0 Å². The number of hydrogen-bond donors (Lipinski definition) is 3. The number of aliphatic hydroxyl groups is 2. The van der Waals surface area contributed by atoms with Gasteiger partial charge in [-0.3, -0.25) is 18.0 Å². The fourth-order valence-electron chi connectivity index (χ4n) is 2.60. The molecule has 4 N–H and O–H groups in total. The molecular formula is C10H12N5O13P3-4. The molecular weight excluding hydrogens is 491 g/mol. The quantitative estimate of drug-likeness (QED) is 0.288. The molecule has 0 spiro atoms. The Morgan fingerprint density at radius 1 is 1.06 bits per heavy atom. The summed E-state index contributed by atoms with van der Waals surface area (Å²) in [5.74, 6) is 0.0195. The van der Waals surface area contributed by atoms with Crippen LogP contribution in [0.1, 0.15) is 6.23 Å². The fraction of sp³-hybridized carbons (Fsp3) is 0.500. The van der Waals surface area contributed by atoms with E-state index in [0.29, 0.717) is 0 Å². The highest BCUT2D eigenvalue weighted by atomic mass is 31.3. The van der Waals surface area contributed by atoms with Crippen molar-refractivity contribution in [2.75, 3.05) is 12.3 Å². The van der Waals surface area contributed by atoms with Gasteiger partial charge < -0.3 is 49.3 Å². The maximum absolute atomic E-state index is 11.6. The minimum atomic E-state index is -6.14. The number of fused-ring (bicyclic) bond motifs is 1. The van der Waals surface area contributed by atoms with Crippen molar-refractivity contribution >= 4 is 40.4 Å². The van der Waals surface area contributed by atoms with Crippen molar-refractivity contribution in [1.29, 1.82) is 0 Å². The Morgan fingerprint density at radius 2 is 1.74 bits per heavy atom. The number of aromatic nitrogens is 4. The van der Waals surface area contributed by atoms with Crippen LogP contribution in [-0.2, 0) is 31.6 Å². The highest BCUT2D eigenvalue weighted by Crippen LogP contribution is 2.60. The van der Waals surface area contributed by atoms with E-state index in [1.807, 2.05) is 0 Å². The fourth-order valence-corrected chi connectivity index (χ4v) is 5.47. The number of phosphoric acid groups is 3. The van der Waals surface area contributed by atoms with Gasteiger partial charge in [0.25, 0.3) is 15.6 Å². The number of nitrogen functional groups attached to an aromatic ring is 1. The molecule has 0 bridgehead atoms. The summed E-state index contributed by atoms with van der Waals surface area (Å²) >= 11 is 0. The summed E-state index contributed by atoms with van der Waals surface area (Å²) in [5, 5.41) is 20.3. The predicted octanol–water partition coefficient (Wildman–Crippen LogP) is -4.16. The number of phosphoric ester groups is 1. The molecule has 3 heterocycles. The van der Waals surface area contributed by atoms with Crippen molar-refractivity contribution in [3.05, 3.63) is 12.7 Å². The third kappa shape index (κ3) is 5.71. The maximum Gasteiger partial charge on any atom is 0.278 e. The number of nitrogens with zero attached hydrogens (tertiary/aromatic N) is 4.